The highest BCUT2D eigenvalue weighted by atomic mass is 16.5. The minimum Gasteiger partial charge on any atom is -0.485 e. The number of imidazole rings is 1. The number of aromatic nitrogens is 2. The summed E-state index contributed by atoms with van der Waals surface area (Å²) in [4.78, 5) is 7.41. The molecule has 2 N–H and O–H groups in total. The number of benzene rings is 1. The molecule has 1 aromatic carbocycles. The molecule has 1 aromatic heterocycles. The third-order valence-electron chi connectivity index (χ3n) is 3.11. The number of aromatic amines is 1. The highest BCUT2D eigenvalue weighted by molar-refractivity contribution is 5.82. The number of ether oxygens (including phenoxy) is 1. The number of aryl methyl sites for hydroxylation is 1. The Morgan fingerprint density at radius 2 is 2.11 bits per heavy atom. The second-order valence-corrected chi connectivity index (χ2v) is 4.41. The van der Waals surface area contributed by atoms with Gasteiger partial charge in [-0.05, 0) is 31.5 Å². The summed E-state index contributed by atoms with van der Waals surface area (Å²) in [7, 11) is 0. The minimum atomic E-state index is 0.265. The Labute approximate surface area is 108 Å². The summed E-state index contributed by atoms with van der Waals surface area (Å²) in [5.74, 6) is 0.884. The second-order valence-electron chi connectivity index (χ2n) is 4.41. The molecule has 3 rings (SSSR count). The van der Waals surface area contributed by atoms with Gasteiger partial charge in [0.2, 0.25) is 0 Å². The van der Waals surface area contributed by atoms with Gasteiger partial charge < -0.3 is 15.0 Å². The van der Waals surface area contributed by atoms with Crippen molar-refractivity contribution in [3.05, 3.63) is 24.0 Å². The Kier molecular flexibility index (Phi) is 3.87. The van der Waals surface area contributed by atoms with Crippen molar-refractivity contribution in [2.45, 2.75) is 39.8 Å². The molecule has 0 saturated carbocycles. The third-order valence-corrected chi connectivity index (χ3v) is 3.11. The highest BCUT2D eigenvalue weighted by Gasteiger charge is 2.28. The summed E-state index contributed by atoms with van der Waals surface area (Å²) < 4.78 is 5.97. The molecule has 1 aliphatic rings. The molecule has 2 atom stereocenters. The van der Waals surface area contributed by atoms with Crippen molar-refractivity contribution in [2.75, 3.05) is 6.54 Å². The molecule has 98 valence electrons. The maximum Gasteiger partial charge on any atom is 0.147 e. The van der Waals surface area contributed by atoms with Crippen molar-refractivity contribution in [2.24, 2.45) is 0 Å². The number of nitrogens with one attached hydrogen (secondary N) is 2. The molecule has 0 amide bonds. The van der Waals surface area contributed by atoms with Gasteiger partial charge in [-0.1, -0.05) is 13.8 Å². The van der Waals surface area contributed by atoms with Gasteiger partial charge in [-0.25, -0.2) is 4.98 Å². The van der Waals surface area contributed by atoms with Crippen molar-refractivity contribution >= 4 is 11.0 Å². The number of hydrogen-bond donors (Lipinski definition) is 2. The van der Waals surface area contributed by atoms with E-state index in [0.29, 0.717) is 6.04 Å². The van der Waals surface area contributed by atoms with Gasteiger partial charge in [0.25, 0.3) is 0 Å². The zero-order valence-corrected chi connectivity index (χ0v) is 11.4. The molecule has 4 nitrogen and oxygen atoms in total. The van der Waals surface area contributed by atoms with Gasteiger partial charge in [0.15, 0.2) is 0 Å². The summed E-state index contributed by atoms with van der Waals surface area (Å²) >= 11 is 0. The van der Waals surface area contributed by atoms with Gasteiger partial charge in [0.05, 0.1) is 11.8 Å². The Morgan fingerprint density at radius 1 is 1.33 bits per heavy atom. The summed E-state index contributed by atoms with van der Waals surface area (Å²) in [5, 5.41) is 3.28. The molecule has 2 unspecified atom stereocenters. The van der Waals surface area contributed by atoms with Gasteiger partial charge in [-0.2, -0.15) is 0 Å². The molecular formula is C14H21N3O. The van der Waals surface area contributed by atoms with E-state index in [0.717, 1.165) is 23.3 Å². The van der Waals surface area contributed by atoms with Crippen LogP contribution in [0.3, 0.4) is 0 Å². The van der Waals surface area contributed by atoms with E-state index in [2.05, 4.69) is 35.2 Å². The lowest BCUT2D eigenvalue weighted by Crippen LogP contribution is -2.58. The fraction of sp³-hybridized carbons (Fsp3) is 0.500. The van der Waals surface area contributed by atoms with Crippen LogP contribution in [0.15, 0.2) is 18.5 Å². The average molecular weight is 247 g/mol. The van der Waals surface area contributed by atoms with Gasteiger partial charge >= 0.3 is 0 Å². The van der Waals surface area contributed by atoms with Crippen molar-refractivity contribution in [3.63, 3.8) is 0 Å². The maximum atomic E-state index is 5.97. The zero-order chi connectivity index (χ0) is 13.1. The van der Waals surface area contributed by atoms with Crippen LogP contribution < -0.4 is 10.1 Å². The molecule has 2 aromatic rings. The van der Waals surface area contributed by atoms with E-state index >= 15 is 0 Å². The van der Waals surface area contributed by atoms with E-state index in [4.69, 9.17) is 4.74 Å². The first-order chi connectivity index (χ1) is 8.74. The topological polar surface area (TPSA) is 49.9 Å². The lowest BCUT2D eigenvalue weighted by atomic mass is 10.1. The summed E-state index contributed by atoms with van der Waals surface area (Å²) in [6.45, 7) is 9.11. The van der Waals surface area contributed by atoms with Crippen LogP contribution in [-0.2, 0) is 0 Å². The van der Waals surface area contributed by atoms with Gasteiger partial charge in [-0.3, -0.25) is 0 Å². The quantitative estimate of drug-likeness (QED) is 0.857. The molecule has 1 saturated heterocycles. The van der Waals surface area contributed by atoms with Crippen molar-refractivity contribution in [1.29, 1.82) is 0 Å². The lowest BCUT2D eigenvalue weighted by molar-refractivity contribution is 0.0952. The molecule has 0 spiro atoms. The molecule has 1 fully saturated rings. The fourth-order valence-corrected chi connectivity index (χ4v) is 2.00. The van der Waals surface area contributed by atoms with E-state index in [1.807, 2.05) is 19.9 Å². The lowest BCUT2D eigenvalue weighted by Gasteiger charge is -2.35. The Balaban J connectivity index is 0.000000574. The van der Waals surface area contributed by atoms with Crippen molar-refractivity contribution in [3.8, 4) is 5.75 Å². The van der Waals surface area contributed by atoms with E-state index < -0.39 is 0 Å². The Morgan fingerprint density at radius 3 is 2.72 bits per heavy atom. The third kappa shape index (κ3) is 2.34. The number of H-pyrrole nitrogens is 1. The van der Waals surface area contributed by atoms with E-state index in [1.165, 1.54) is 5.56 Å². The molecule has 0 bridgehead atoms. The number of rotatable bonds is 2. The van der Waals surface area contributed by atoms with Crippen LogP contribution >= 0.6 is 0 Å². The Bertz CT molecular complexity index is 521. The molecule has 0 aliphatic carbocycles. The van der Waals surface area contributed by atoms with E-state index in [9.17, 15) is 0 Å². The normalized spacial score (nSPS) is 22.0. The van der Waals surface area contributed by atoms with Crippen molar-refractivity contribution < 1.29 is 4.74 Å². The predicted molar refractivity (Wildman–Crippen MR) is 74.1 cm³/mol. The van der Waals surface area contributed by atoms with Crippen LogP contribution in [0, 0.1) is 6.92 Å². The van der Waals surface area contributed by atoms with Crippen LogP contribution in [0.5, 0.6) is 5.75 Å². The fourth-order valence-electron chi connectivity index (χ4n) is 2.00. The SMILES string of the molecule is CC.Cc1cc(OC2CNC2C)c2nc[nH]c2c1. The summed E-state index contributed by atoms with van der Waals surface area (Å²) in [5.41, 5.74) is 3.14. The van der Waals surface area contributed by atoms with Crippen LogP contribution in [0.2, 0.25) is 0 Å². The average Bonchev–Trinajstić information content (AvgIpc) is 2.84. The molecule has 1 aliphatic heterocycles. The second kappa shape index (κ2) is 5.40. The summed E-state index contributed by atoms with van der Waals surface area (Å²) in [6, 6.07) is 4.56. The highest BCUT2D eigenvalue weighted by Crippen LogP contribution is 2.27. The monoisotopic (exact) mass is 247 g/mol. The van der Waals surface area contributed by atoms with Gasteiger partial charge in [0, 0.05) is 12.6 Å². The maximum absolute atomic E-state index is 5.97. The molecule has 18 heavy (non-hydrogen) atoms. The van der Waals surface area contributed by atoms with Crippen LogP contribution in [0.25, 0.3) is 11.0 Å². The van der Waals surface area contributed by atoms with Crippen molar-refractivity contribution in [1.82, 2.24) is 15.3 Å². The van der Waals surface area contributed by atoms with Crippen LogP contribution in [0.1, 0.15) is 26.3 Å². The number of hydrogen-bond acceptors (Lipinski definition) is 3. The first kappa shape index (κ1) is 12.9. The van der Waals surface area contributed by atoms with Gasteiger partial charge in [-0.15, -0.1) is 0 Å². The van der Waals surface area contributed by atoms with E-state index in [1.54, 1.807) is 6.33 Å². The predicted octanol–water partition coefficient (Wildman–Crippen LogP) is 2.64. The standard InChI is InChI=1S/C12H15N3O.C2H6/c1-7-3-9-12(15-6-14-9)10(4-7)16-11-5-13-8(11)2;1-2/h3-4,6,8,11,13H,5H2,1-2H3,(H,14,15);1-2H3. The molecule has 0 radical (unpaired) electrons. The zero-order valence-electron chi connectivity index (χ0n) is 11.4. The van der Waals surface area contributed by atoms with Crippen LogP contribution in [0.4, 0.5) is 0 Å². The molecule has 2 heterocycles. The Hall–Kier alpha value is -1.55. The number of fused-ring (bicyclic) bond motifs is 1. The molecule has 4 heteroatoms. The smallest absolute Gasteiger partial charge is 0.147 e. The molecular weight excluding hydrogens is 226 g/mol. The summed E-state index contributed by atoms with van der Waals surface area (Å²) in [6.07, 6.45) is 1.97. The first-order valence-electron chi connectivity index (χ1n) is 6.58. The van der Waals surface area contributed by atoms with Crippen LogP contribution in [-0.4, -0.2) is 28.7 Å². The largest absolute Gasteiger partial charge is 0.485 e. The first-order valence-corrected chi connectivity index (χ1v) is 6.58. The number of nitrogens with zero attached hydrogens (tertiary/aromatic N) is 1. The minimum absolute atomic E-state index is 0.265. The van der Waals surface area contributed by atoms with Gasteiger partial charge in [0.1, 0.15) is 17.4 Å². The van der Waals surface area contributed by atoms with E-state index in [-0.39, 0.29) is 6.10 Å².